The van der Waals surface area contributed by atoms with Crippen molar-refractivity contribution in [3.05, 3.63) is 28.2 Å². The highest BCUT2D eigenvalue weighted by Gasteiger charge is 2.31. The van der Waals surface area contributed by atoms with E-state index < -0.39 is 0 Å². The first-order valence-electron chi connectivity index (χ1n) is 7.79. The van der Waals surface area contributed by atoms with Gasteiger partial charge < -0.3 is 9.80 Å². The molecule has 7 heteroatoms. The number of likely N-dealkylation sites (tertiary alicyclic amines) is 2. The van der Waals surface area contributed by atoms with E-state index in [2.05, 4.69) is 10.2 Å². The van der Waals surface area contributed by atoms with Gasteiger partial charge in [0.05, 0.1) is 0 Å². The summed E-state index contributed by atoms with van der Waals surface area (Å²) in [6.45, 7) is 2.87. The van der Waals surface area contributed by atoms with Gasteiger partial charge in [-0.1, -0.05) is 0 Å². The van der Waals surface area contributed by atoms with Crippen LogP contribution in [-0.4, -0.2) is 58.0 Å². The standard InChI is InChI=1S/C15H20N4O3/c20-13-4-3-12(16-17-13)15(22)19-9-5-11(6-10-19)14(21)18-7-1-2-8-18/h3-4,11H,1-2,5-10H2,(H,17,20). The van der Waals surface area contributed by atoms with E-state index in [1.54, 1.807) is 4.90 Å². The second kappa shape index (κ2) is 6.29. The first kappa shape index (κ1) is 14.7. The van der Waals surface area contributed by atoms with Gasteiger partial charge in [-0.3, -0.25) is 14.4 Å². The third-order valence-electron chi connectivity index (χ3n) is 4.45. The number of piperidine rings is 1. The van der Waals surface area contributed by atoms with E-state index in [1.165, 1.54) is 12.1 Å². The van der Waals surface area contributed by atoms with Crippen molar-refractivity contribution in [3.63, 3.8) is 0 Å². The summed E-state index contributed by atoms with van der Waals surface area (Å²) in [7, 11) is 0. The molecule has 7 nitrogen and oxygen atoms in total. The van der Waals surface area contributed by atoms with Crippen molar-refractivity contribution in [2.24, 2.45) is 5.92 Å². The predicted octanol–water partition coefficient (Wildman–Crippen LogP) is 0.244. The average molecular weight is 304 g/mol. The summed E-state index contributed by atoms with van der Waals surface area (Å²) in [5.41, 5.74) is -0.0876. The molecule has 3 heterocycles. The lowest BCUT2D eigenvalue weighted by molar-refractivity contribution is -0.135. The lowest BCUT2D eigenvalue weighted by atomic mass is 9.95. The van der Waals surface area contributed by atoms with Crippen molar-refractivity contribution in [2.45, 2.75) is 25.7 Å². The summed E-state index contributed by atoms with van der Waals surface area (Å²) in [4.78, 5) is 39.3. The zero-order valence-electron chi connectivity index (χ0n) is 12.5. The number of aromatic amines is 1. The number of nitrogens with one attached hydrogen (secondary N) is 1. The normalized spacial score (nSPS) is 19.5. The number of hydrogen-bond donors (Lipinski definition) is 1. The number of carbonyl (C=O) groups is 2. The van der Waals surface area contributed by atoms with Crippen LogP contribution in [0.1, 0.15) is 36.2 Å². The first-order valence-corrected chi connectivity index (χ1v) is 7.79. The van der Waals surface area contributed by atoms with E-state index in [0.29, 0.717) is 25.9 Å². The molecular formula is C15H20N4O3. The highest BCUT2D eigenvalue weighted by atomic mass is 16.2. The Morgan fingerprint density at radius 3 is 2.32 bits per heavy atom. The van der Waals surface area contributed by atoms with Gasteiger partial charge in [0.2, 0.25) is 5.91 Å². The van der Waals surface area contributed by atoms with Crippen LogP contribution in [0.3, 0.4) is 0 Å². The Balaban J connectivity index is 1.57. The molecule has 1 N–H and O–H groups in total. The molecule has 2 fully saturated rings. The van der Waals surface area contributed by atoms with Crippen molar-refractivity contribution in [1.82, 2.24) is 20.0 Å². The molecule has 0 spiro atoms. The number of nitrogens with zero attached hydrogens (tertiary/aromatic N) is 3. The minimum atomic E-state index is -0.327. The van der Waals surface area contributed by atoms with Gasteiger partial charge in [-0.05, 0) is 31.7 Å². The zero-order valence-corrected chi connectivity index (χ0v) is 12.5. The predicted molar refractivity (Wildman–Crippen MR) is 79.3 cm³/mol. The Kier molecular flexibility index (Phi) is 4.22. The molecular weight excluding hydrogens is 284 g/mol. The lowest BCUT2D eigenvalue weighted by Crippen LogP contribution is -2.44. The molecule has 0 aromatic carbocycles. The summed E-state index contributed by atoms with van der Waals surface area (Å²) in [6, 6.07) is 2.73. The zero-order chi connectivity index (χ0) is 15.5. The fourth-order valence-corrected chi connectivity index (χ4v) is 3.15. The molecule has 1 aromatic rings. The maximum Gasteiger partial charge on any atom is 0.274 e. The molecule has 2 saturated heterocycles. The maximum atomic E-state index is 12.4. The van der Waals surface area contributed by atoms with E-state index in [0.717, 1.165) is 25.9 Å². The van der Waals surface area contributed by atoms with Crippen molar-refractivity contribution in [3.8, 4) is 0 Å². The average Bonchev–Trinajstić information content (AvgIpc) is 3.09. The van der Waals surface area contributed by atoms with Crippen LogP contribution in [0.4, 0.5) is 0 Å². The van der Waals surface area contributed by atoms with Crippen LogP contribution in [0, 0.1) is 5.92 Å². The lowest BCUT2D eigenvalue weighted by Gasteiger charge is -2.32. The molecule has 0 saturated carbocycles. The van der Waals surface area contributed by atoms with Crippen LogP contribution < -0.4 is 5.56 Å². The van der Waals surface area contributed by atoms with Gasteiger partial charge in [-0.2, -0.15) is 5.10 Å². The fourth-order valence-electron chi connectivity index (χ4n) is 3.15. The van der Waals surface area contributed by atoms with Crippen LogP contribution in [0.15, 0.2) is 16.9 Å². The second-order valence-electron chi connectivity index (χ2n) is 5.91. The summed E-state index contributed by atoms with van der Waals surface area (Å²) < 4.78 is 0. The van der Waals surface area contributed by atoms with Crippen LogP contribution >= 0.6 is 0 Å². The third-order valence-corrected chi connectivity index (χ3v) is 4.45. The molecule has 22 heavy (non-hydrogen) atoms. The van der Waals surface area contributed by atoms with Gasteiger partial charge in [0.1, 0.15) is 5.69 Å². The number of hydrogen-bond acceptors (Lipinski definition) is 4. The first-order chi connectivity index (χ1) is 10.6. The van der Waals surface area contributed by atoms with Crippen molar-refractivity contribution in [1.29, 1.82) is 0 Å². The molecule has 0 bridgehead atoms. The van der Waals surface area contributed by atoms with Gasteiger partial charge in [0, 0.05) is 38.2 Å². The largest absolute Gasteiger partial charge is 0.342 e. The third kappa shape index (κ3) is 3.03. The van der Waals surface area contributed by atoms with Gasteiger partial charge in [0.15, 0.2) is 0 Å². The van der Waals surface area contributed by atoms with Crippen LogP contribution in [0.5, 0.6) is 0 Å². The van der Waals surface area contributed by atoms with Gasteiger partial charge in [-0.25, -0.2) is 5.10 Å². The van der Waals surface area contributed by atoms with Crippen molar-refractivity contribution >= 4 is 11.8 Å². The Morgan fingerprint density at radius 2 is 1.73 bits per heavy atom. The van der Waals surface area contributed by atoms with Gasteiger partial charge in [-0.15, -0.1) is 0 Å². The van der Waals surface area contributed by atoms with Crippen molar-refractivity contribution < 1.29 is 9.59 Å². The molecule has 3 rings (SSSR count). The molecule has 0 unspecified atom stereocenters. The van der Waals surface area contributed by atoms with E-state index in [1.807, 2.05) is 4.90 Å². The second-order valence-corrected chi connectivity index (χ2v) is 5.91. The number of amides is 2. The number of carbonyl (C=O) groups excluding carboxylic acids is 2. The smallest absolute Gasteiger partial charge is 0.274 e. The SMILES string of the molecule is O=C(c1ccc(=O)[nH]n1)N1CCC(C(=O)N2CCCC2)CC1. The monoisotopic (exact) mass is 304 g/mol. The van der Waals surface area contributed by atoms with E-state index in [4.69, 9.17) is 0 Å². The molecule has 1 aromatic heterocycles. The molecule has 2 amide bonds. The summed E-state index contributed by atoms with van der Waals surface area (Å²) >= 11 is 0. The quantitative estimate of drug-likeness (QED) is 0.848. The summed E-state index contributed by atoms with van der Waals surface area (Å²) in [6.07, 6.45) is 3.59. The highest BCUT2D eigenvalue weighted by molar-refractivity contribution is 5.92. The molecule has 118 valence electrons. The molecule has 0 aliphatic carbocycles. The number of aromatic nitrogens is 2. The van der Waals surface area contributed by atoms with Crippen LogP contribution in [-0.2, 0) is 4.79 Å². The van der Waals surface area contributed by atoms with E-state index >= 15 is 0 Å². The molecule has 2 aliphatic heterocycles. The molecule has 0 atom stereocenters. The van der Waals surface area contributed by atoms with E-state index in [-0.39, 0.29) is 29.0 Å². The Morgan fingerprint density at radius 1 is 1.05 bits per heavy atom. The van der Waals surface area contributed by atoms with Crippen molar-refractivity contribution in [2.75, 3.05) is 26.2 Å². The fraction of sp³-hybridized carbons (Fsp3) is 0.600. The molecule has 2 aliphatic rings. The molecule has 0 radical (unpaired) electrons. The number of H-pyrrole nitrogens is 1. The minimum absolute atomic E-state index is 0.0330. The highest BCUT2D eigenvalue weighted by Crippen LogP contribution is 2.22. The van der Waals surface area contributed by atoms with Crippen LogP contribution in [0.2, 0.25) is 0 Å². The van der Waals surface area contributed by atoms with Gasteiger partial charge in [0.25, 0.3) is 11.5 Å². The Hall–Kier alpha value is -2.18. The Labute approximate surface area is 128 Å². The summed E-state index contributed by atoms with van der Waals surface area (Å²) in [5, 5.41) is 6.04. The Bertz CT molecular complexity index is 593. The number of rotatable bonds is 2. The topological polar surface area (TPSA) is 86.4 Å². The van der Waals surface area contributed by atoms with Gasteiger partial charge >= 0.3 is 0 Å². The maximum absolute atomic E-state index is 12.4. The van der Waals surface area contributed by atoms with Crippen LogP contribution in [0.25, 0.3) is 0 Å². The summed E-state index contributed by atoms with van der Waals surface area (Å²) in [5.74, 6) is 0.0841. The minimum Gasteiger partial charge on any atom is -0.342 e. The van der Waals surface area contributed by atoms with E-state index in [9.17, 15) is 14.4 Å².